The van der Waals surface area contributed by atoms with E-state index < -0.39 is 6.09 Å². The van der Waals surface area contributed by atoms with E-state index in [0.717, 1.165) is 0 Å². The molecule has 0 aliphatic carbocycles. The van der Waals surface area contributed by atoms with Crippen LogP contribution in [0.15, 0.2) is 12.3 Å². The van der Waals surface area contributed by atoms with E-state index in [1.54, 1.807) is 6.07 Å². The van der Waals surface area contributed by atoms with Crippen molar-refractivity contribution >= 4 is 17.7 Å². The van der Waals surface area contributed by atoms with E-state index >= 15 is 0 Å². The molecule has 1 heterocycles. The predicted octanol–water partition coefficient (Wildman–Crippen LogP) is 2.77. The van der Waals surface area contributed by atoms with Crippen LogP contribution < -0.4 is 10.1 Å². The average molecular weight is 273 g/mol. The standard InChI is InChI=1S/C12H17ClN2O3/c1-12(2,3)15-11(16)18-7-8-5-10(17-4)14-6-9(8)13/h5-6H,7H2,1-4H3,(H,15,16). The number of nitrogens with zero attached hydrogens (tertiary/aromatic N) is 1. The first-order valence-corrected chi connectivity index (χ1v) is 5.83. The van der Waals surface area contributed by atoms with Crippen LogP contribution in [0, 0.1) is 0 Å². The van der Waals surface area contributed by atoms with Crippen LogP contribution in [0.5, 0.6) is 5.88 Å². The van der Waals surface area contributed by atoms with Crippen molar-refractivity contribution in [3.8, 4) is 5.88 Å². The largest absolute Gasteiger partial charge is 0.481 e. The van der Waals surface area contributed by atoms with Crippen LogP contribution in [0.4, 0.5) is 4.79 Å². The van der Waals surface area contributed by atoms with Crippen molar-refractivity contribution in [3.63, 3.8) is 0 Å². The Morgan fingerprint density at radius 3 is 2.72 bits per heavy atom. The summed E-state index contributed by atoms with van der Waals surface area (Å²) in [5.41, 5.74) is 0.309. The zero-order valence-electron chi connectivity index (χ0n) is 10.9. The van der Waals surface area contributed by atoms with Gasteiger partial charge in [0, 0.05) is 23.4 Å². The zero-order valence-corrected chi connectivity index (χ0v) is 11.7. The highest BCUT2D eigenvalue weighted by molar-refractivity contribution is 6.31. The molecule has 0 saturated heterocycles. The zero-order chi connectivity index (χ0) is 13.8. The minimum Gasteiger partial charge on any atom is -0.481 e. The van der Waals surface area contributed by atoms with Gasteiger partial charge < -0.3 is 14.8 Å². The minimum absolute atomic E-state index is 0.0691. The molecule has 5 nitrogen and oxygen atoms in total. The van der Waals surface area contributed by atoms with Gasteiger partial charge in [-0.15, -0.1) is 0 Å². The summed E-state index contributed by atoms with van der Waals surface area (Å²) < 4.78 is 10.0. The molecule has 1 rings (SSSR count). The third kappa shape index (κ3) is 4.79. The van der Waals surface area contributed by atoms with Crippen molar-refractivity contribution in [2.45, 2.75) is 32.9 Å². The Kier molecular flexibility index (Phi) is 4.78. The monoisotopic (exact) mass is 272 g/mol. The van der Waals surface area contributed by atoms with E-state index in [4.69, 9.17) is 21.1 Å². The molecule has 0 unspecified atom stereocenters. The number of rotatable bonds is 3. The van der Waals surface area contributed by atoms with Crippen LogP contribution in [0.25, 0.3) is 0 Å². The molecule has 0 bridgehead atoms. The lowest BCUT2D eigenvalue weighted by molar-refractivity contribution is 0.131. The fourth-order valence-electron chi connectivity index (χ4n) is 1.17. The maximum absolute atomic E-state index is 11.5. The molecule has 18 heavy (non-hydrogen) atoms. The molecular formula is C12H17ClN2O3. The van der Waals surface area contributed by atoms with Gasteiger partial charge in [-0.3, -0.25) is 0 Å². The molecule has 0 spiro atoms. The number of ether oxygens (including phenoxy) is 2. The smallest absolute Gasteiger partial charge is 0.407 e. The van der Waals surface area contributed by atoms with Crippen molar-refractivity contribution in [2.24, 2.45) is 0 Å². The van der Waals surface area contributed by atoms with Crippen LogP contribution in [-0.4, -0.2) is 23.7 Å². The lowest BCUT2D eigenvalue weighted by atomic mass is 10.1. The van der Waals surface area contributed by atoms with Crippen molar-refractivity contribution in [1.29, 1.82) is 0 Å². The Bertz CT molecular complexity index is 430. The summed E-state index contributed by atoms with van der Waals surface area (Å²) in [6.45, 7) is 5.68. The average Bonchev–Trinajstić information content (AvgIpc) is 2.25. The van der Waals surface area contributed by atoms with Crippen LogP contribution in [0.1, 0.15) is 26.3 Å². The highest BCUT2D eigenvalue weighted by Gasteiger charge is 2.15. The first-order valence-electron chi connectivity index (χ1n) is 5.45. The molecule has 0 atom stereocenters. The van der Waals surface area contributed by atoms with Gasteiger partial charge in [0.25, 0.3) is 0 Å². The number of hydrogen-bond acceptors (Lipinski definition) is 4. The molecule has 1 N–H and O–H groups in total. The molecule has 0 aliphatic rings. The normalized spacial score (nSPS) is 10.9. The van der Waals surface area contributed by atoms with Gasteiger partial charge in [-0.1, -0.05) is 11.6 Å². The van der Waals surface area contributed by atoms with Crippen molar-refractivity contribution < 1.29 is 14.3 Å². The van der Waals surface area contributed by atoms with Gasteiger partial charge >= 0.3 is 6.09 Å². The first kappa shape index (κ1) is 14.6. The van der Waals surface area contributed by atoms with Crippen LogP contribution in [-0.2, 0) is 11.3 Å². The Balaban J connectivity index is 2.60. The summed E-state index contributed by atoms with van der Waals surface area (Å²) in [4.78, 5) is 15.4. The molecule has 100 valence electrons. The summed E-state index contributed by atoms with van der Waals surface area (Å²) in [7, 11) is 1.51. The van der Waals surface area contributed by atoms with Gasteiger partial charge in [0.05, 0.1) is 12.1 Å². The summed E-state index contributed by atoms with van der Waals surface area (Å²) in [6, 6.07) is 1.63. The van der Waals surface area contributed by atoms with Gasteiger partial charge in [0.2, 0.25) is 5.88 Å². The van der Waals surface area contributed by atoms with Crippen LogP contribution in [0.3, 0.4) is 0 Å². The lowest BCUT2D eigenvalue weighted by Crippen LogP contribution is -2.40. The number of nitrogens with one attached hydrogen (secondary N) is 1. The highest BCUT2D eigenvalue weighted by Crippen LogP contribution is 2.20. The van der Waals surface area contributed by atoms with Gasteiger partial charge in [-0.25, -0.2) is 9.78 Å². The summed E-state index contributed by atoms with van der Waals surface area (Å²) >= 11 is 5.94. The number of carbonyl (C=O) groups excluding carboxylic acids is 1. The van der Waals surface area contributed by atoms with Crippen molar-refractivity contribution in [3.05, 3.63) is 22.8 Å². The van der Waals surface area contributed by atoms with Crippen LogP contribution >= 0.6 is 11.6 Å². The number of hydrogen-bond donors (Lipinski definition) is 1. The molecule has 1 amide bonds. The van der Waals surface area contributed by atoms with Crippen molar-refractivity contribution in [1.82, 2.24) is 10.3 Å². The van der Waals surface area contributed by atoms with Crippen LogP contribution in [0.2, 0.25) is 5.02 Å². The molecule has 0 saturated carbocycles. The molecule has 0 aliphatic heterocycles. The quantitative estimate of drug-likeness (QED) is 0.919. The van der Waals surface area contributed by atoms with Gasteiger partial charge in [0.15, 0.2) is 0 Å². The van der Waals surface area contributed by atoms with E-state index in [9.17, 15) is 4.79 Å². The van der Waals surface area contributed by atoms with E-state index in [1.807, 2.05) is 20.8 Å². The molecular weight excluding hydrogens is 256 g/mol. The second kappa shape index (κ2) is 5.91. The first-order chi connectivity index (χ1) is 8.31. The number of amides is 1. The fraction of sp³-hybridized carbons (Fsp3) is 0.500. The second-order valence-corrected chi connectivity index (χ2v) is 5.18. The predicted molar refractivity (Wildman–Crippen MR) is 68.9 cm³/mol. The molecule has 1 aromatic heterocycles. The SMILES string of the molecule is COc1cc(COC(=O)NC(C)(C)C)c(Cl)cn1. The topological polar surface area (TPSA) is 60.5 Å². The third-order valence-electron chi connectivity index (χ3n) is 1.95. The Hall–Kier alpha value is -1.49. The Labute approximate surface area is 111 Å². The number of pyridine rings is 1. The van der Waals surface area contributed by atoms with Crippen molar-refractivity contribution in [2.75, 3.05) is 7.11 Å². The lowest BCUT2D eigenvalue weighted by Gasteiger charge is -2.20. The fourth-order valence-corrected chi connectivity index (χ4v) is 1.32. The second-order valence-electron chi connectivity index (χ2n) is 4.77. The summed E-state index contributed by atoms with van der Waals surface area (Å²) in [5, 5.41) is 3.12. The van der Waals surface area contributed by atoms with Gasteiger partial charge in [-0.05, 0) is 20.8 Å². The van der Waals surface area contributed by atoms with E-state index in [1.165, 1.54) is 13.3 Å². The number of alkyl carbamates (subject to hydrolysis) is 1. The van der Waals surface area contributed by atoms with E-state index in [-0.39, 0.29) is 12.1 Å². The molecule has 0 fully saturated rings. The van der Waals surface area contributed by atoms with E-state index in [0.29, 0.717) is 16.5 Å². The molecule has 6 heteroatoms. The molecule has 0 radical (unpaired) electrons. The third-order valence-corrected chi connectivity index (χ3v) is 2.29. The summed E-state index contributed by atoms with van der Waals surface area (Å²) in [5.74, 6) is 0.425. The van der Waals surface area contributed by atoms with E-state index in [2.05, 4.69) is 10.3 Å². The Morgan fingerprint density at radius 2 is 2.17 bits per heavy atom. The number of methoxy groups -OCH3 is 1. The molecule has 0 aromatic carbocycles. The number of aromatic nitrogens is 1. The van der Waals surface area contributed by atoms with Gasteiger partial charge in [0.1, 0.15) is 6.61 Å². The Morgan fingerprint density at radius 1 is 1.50 bits per heavy atom. The maximum atomic E-state index is 11.5. The maximum Gasteiger partial charge on any atom is 0.407 e. The minimum atomic E-state index is -0.491. The van der Waals surface area contributed by atoms with Gasteiger partial charge in [-0.2, -0.15) is 0 Å². The highest BCUT2D eigenvalue weighted by atomic mass is 35.5. The number of carbonyl (C=O) groups is 1. The number of halogens is 1. The summed E-state index contributed by atoms with van der Waals surface area (Å²) in [6.07, 6.45) is 0.968. The molecule has 1 aromatic rings.